The third kappa shape index (κ3) is 5.68. The summed E-state index contributed by atoms with van der Waals surface area (Å²) in [5.41, 5.74) is 3.13. The molecular formula is C26H29ClO4. The molecule has 2 aromatic rings. The zero-order chi connectivity index (χ0) is 21.8. The van der Waals surface area contributed by atoms with Crippen molar-refractivity contribution in [3.05, 3.63) is 69.7 Å². The predicted octanol–water partition coefficient (Wildman–Crippen LogP) is 4.16. The summed E-state index contributed by atoms with van der Waals surface area (Å²) in [7, 11) is 0. The number of ether oxygens (including phenoxy) is 1. The predicted molar refractivity (Wildman–Crippen MR) is 121 cm³/mol. The highest BCUT2D eigenvalue weighted by Crippen LogP contribution is 2.34. The molecule has 31 heavy (non-hydrogen) atoms. The molecule has 0 radical (unpaired) electrons. The van der Waals surface area contributed by atoms with Gasteiger partial charge in [-0.25, -0.2) is 0 Å². The van der Waals surface area contributed by atoms with Crippen LogP contribution < -0.4 is 0 Å². The van der Waals surface area contributed by atoms with Gasteiger partial charge in [-0.3, -0.25) is 0 Å². The van der Waals surface area contributed by atoms with E-state index in [-0.39, 0.29) is 18.8 Å². The van der Waals surface area contributed by atoms with Gasteiger partial charge in [0.05, 0.1) is 24.9 Å². The number of hydrogen-bond donors (Lipinski definition) is 3. The van der Waals surface area contributed by atoms with Gasteiger partial charge in [-0.1, -0.05) is 47.7 Å². The van der Waals surface area contributed by atoms with Crippen LogP contribution in [0.5, 0.6) is 0 Å². The standard InChI is InChI=1S/C26H29ClO4/c27-24-8-7-20(25-16-22(29)15-23(17-28)31-25)14-21(24)13-19-5-3-18(4-6-19)9-12-26(30)10-1-2-11-26/h3-8,14,22-23,25,28-30H,1-2,10-11,13,15-17H2. The van der Waals surface area contributed by atoms with Crippen LogP contribution in [0.15, 0.2) is 42.5 Å². The Kier molecular flexibility index (Phi) is 7.01. The van der Waals surface area contributed by atoms with Gasteiger partial charge >= 0.3 is 0 Å². The zero-order valence-electron chi connectivity index (χ0n) is 17.6. The van der Waals surface area contributed by atoms with E-state index in [2.05, 4.69) is 11.8 Å². The average Bonchev–Trinajstić information content (AvgIpc) is 3.21. The molecule has 3 unspecified atom stereocenters. The Hall–Kier alpha value is -1.87. The number of benzene rings is 2. The van der Waals surface area contributed by atoms with Crippen LogP contribution in [-0.2, 0) is 11.2 Å². The number of hydrogen-bond acceptors (Lipinski definition) is 4. The summed E-state index contributed by atoms with van der Waals surface area (Å²) in [6, 6.07) is 13.9. The van der Waals surface area contributed by atoms with E-state index < -0.39 is 11.7 Å². The Morgan fingerprint density at radius 3 is 2.52 bits per heavy atom. The van der Waals surface area contributed by atoms with Gasteiger partial charge in [0, 0.05) is 23.4 Å². The molecule has 4 nitrogen and oxygen atoms in total. The number of rotatable bonds is 4. The molecule has 1 saturated heterocycles. The van der Waals surface area contributed by atoms with Crippen LogP contribution in [0, 0.1) is 11.8 Å². The van der Waals surface area contributed by atoms with E-state index in [4.69, 9.17) is 16.3 Å². The van der Waals surface area contributed by atoms with Crippen LogP contribution in [-0.4, -0.2) is 39.7 Å². The lowest BCUT2D eigenvalue weighted by Gasteiger charge is -2.32. The maximum absolute atomic E-state index is 10.4. The van der Waals surface area contributed by atoms with E-state index in [9.17, 15) is 15.3 Å². The molecule has 2 aliphatic rings. The smallest absolute Gasteiger partial charge is 0.125 e. The summed E-state index contributed by atoms with van der Waals surface area (Å²) in [5.74, 6) is 6.15. The van der Waals surface area contributed by atoms with Crippen LogP contribution in [0.3, 0.4) is 0 Å². The van der Waals surface area contributed by atoms with E-state index in [1.54, 1.807) is 0 Å². The highest BCUT2D eigenvalue weighted by atomic mass is 35.5. The Morgan fingerprint density at radius 2 is 1.81 bits per heavy atom. The minimum Gasteiger partial charge on any atom is -0.394 e. The summed E-state index contributed by atoms with van der Waals surface area (Å²) < 4.78 is 5.94. The Balaban J connectivity index is 1.46. The molecular weight excluding hydrogens is 412 g/mol. The first-order chi connectivity index (χ1) is 14.9. The minimum absolute atomic E-state index is 0.0966. The van der Waals surface area contributed by atoms with Gasteiger partial charge in [0.15, 0.2) is 0 Å². The largest absolute Gasteiger partial charge is 0.394 e. The fraction of sp³-hybridized carbons (Fsp3) is 0.462. The first kappa shape index (κ1) is 22.3. The normalized spacial score (nSPS) is 25.1. The molecule has 3 N–H and O–H groups in total. The summed E-state index contributed by atoms with van der Waals surface area (Å²) in [6.45, 7) is -0.0966. The molecule has 5 heteroatoms. The molecule has 4 rings (SSSR count). The molecule has 2 fully saturated rings. The first-order valence-electron chi connectivity index (χ1n) is 11.0. The maximum Gasteiger partial charge on any atom is 0.125 e. The molecule has 1 aliphatic heterocycles. The van der Waals surface area contributed by atoms with Crippen LogP contribution in [0.25, 0.3) is 0 Å². The Bertz CT molecular complexity index is 954. The fourth-order valence-corrected chi connectivity index (χ4v) is 4.64. The highest BCUT2D eigenvalue weighted by molar-refractivity contribution is 6.31. The van der Waals surface area contributed by atoms with E-state index in [1.165, 1.54) is 0 Å². The van der Waals surface area contributed by atoms with Crippen LogP contribution >= 0.6 is 11.6 Å². The van der Waals surface area contributed by atoms with Gasteiger partial charge < -0.3 is 20.1 Å². The molecule has 0 spiro atoms. The van der Waals surface area contributed by atoms with Crippen LogP contribution in [0.4, 0.5) is 0 Å². The molecule has 164 valence electrons. The Labute approximate surface area is 188 Å². The maximum atomic E-state index is 10.4. The topological polar surface area (TPSA) is 69.9 Å². The molecule has 0 bridgehead atoms. The summed E-state index contributed by atoms with van der Waals surface area (Å²) >= 11 is 6.46. The lowest BCUT2D eigenvalue weighted by atomic mass is 9.94. The lowest BCUT2D eigenvalue weighted by molar-refractivity contribution is -0.113. The lowest BCUT2D eigenvalue weighted by Crippen LogP contribution is -2.33. The molecule has 0 amide bonds. The van der Waals surface area contributed by atoms with Gasteiger partial charge in [-0.15, -0.1) is 0 Å². The van der Waals surface area contributed by atoms with Gasteiger partial charge in [0.2, 0.25) is 0 Å². The number of aliphatic hydroxyl groups excluding tert-OH is 2. The summed E-state index contributed by atoms with van der Waals surface area (Å²) in [4.78, 5) is 0. The molecule has 1 heterocycles. The van der Waals surface area contributed by atoms with Crippen molar-refractivity contribution < 1.29 is 20.1 Å². The van der Waals surface area contributed by atoms with Gasteiger partial charge in [-0.05, 0) is 67.0 Å². The van der Waals surface area contributed by atoms with E-state index in [1.807, 2.05) is 42.5 Å². The van der Waals surface area contributed by atoms with E-state index in [0.29, 0.717) is 24.3 Å². The van der Waals surface area contributed by atoms with Crippen molar-refractivity contribution in [3.8, 4) is 11.8 Å². The quantitative estimate of drug-likeness (QED) is 0.624. The number of halogens is 1. The fourth-order valence-electron chi connectivity index (χ4n) is 4.45. The average molecular weight is 441 g/mol. The van der Waals surface area contributed by atoms with Crippen molar-refractivity contribution in [3.63, 3.8) is 0 Å². The zero-order valence-corrected chi connectivity index (χ0v) is 18.3. The molecule has 1 aliphatic carbocycles. The third-order valence-electron chi connectivity index (χ3n) is 6.24. The van der Waals surface area contributed by atoms with Crippen LogP contribution in [0.2, 0.25) is 5.02 Å². The van der Waals surface area contributed by atoms with E-state index in [0.717, 1.165) is 47.9 Å². The summed E-state index contributed by atoms with van der Waals surface area (Å²) in [5, 5.41) is 30.6. The second-order valence-electron chi connectivity index (χ2n) is 8.77. The van der Waals surface area contributed by atoms with E-state index >= 15 is 0 Å². The minimum atomic E-state index is -0.823. The van der Waals surface area contributed by atoms with Crippen molar-refractivity contribution >= 4 is 11.6 Å². The van der Waals surface area contributed by atoms with Crippen LogP contribution in [0.1, 0.15) is 66.9 Å². The van der Waals surface area contributed by atoms with Gasteiger partial charge in [0.1, 0.15) is 5.60 Å². The van der Waals surface area contributed by atoms with Crippen molar-refractivity contribution in [1.82, 2.24) is 0 Å². The number of aliphatic hydroxyl groups is 3. The monoisotopic (exact) mass is 440 g/mol. The SMILES string of the molecule is OCC1CC(O)CC(c2ccc(Cl)c(Cc3ccc(C#CC4(O)CCCC4)cc3)c2)O1. The third-order valence-corrected chi connectivity index (χ3v) is 6.61. The van der Waals surface area contributed by atoms with Crippen molar-refractivity contribution in [2.75, 3.05) is 6.61 Å². The molecule has 0 aromatic heterocycles. The molecule has 3 atom stereocenters. The van der Waals surface area contributed by atoms with Gasteiger partial charge in [0.25, 0.3) is 0 Å². The van der Waals surface area contributed by atoms with Crippen molar-refractivity contribution in [2.45, 2.75) is 68.9 Å². The highest BCUT2D eigenvalue weighted by Gasteiger charge is 2.29. The first-order valence-corrected chi connectivity index (χ1v) is 11.4. The Morgan fingerprint density at radius 1 is 1.06 bits per heavy atom. The molecule has 1 saturated carbocycles. The summed E-state index contributed by atoms with van der Waals surface area (Å²) in [6.07, 6.45) is 4.15. The van der Waals surface area contributed by atoms with Crippen molar-refractivity contribution in [1.29, 1.82) is 0 Å². The van der Waals surface area contributed by atoms with Crippen molar-refractivity contribution in [2.24, 2.45) is 0 Å². The second kappa shape index (κ2) is 9.73. The molecule has 2 aromatic carbocycles. The second-order valence-corrected chi connectivity index (χ2v) is 9.17. The van der Waals surface area contributed by atoms with Gasteiger partial charge in [-0.2, -0.15) is 0 Å².